The van der Waals surface area contributed by atoms with E-state index in [2.05, 4.69) is 0 Å². The van der Waals surface area contributed by atoms with E-state index in [0.717, 1.165) is 18.5 Å². The van der Waals surface area contributed by atoms with Crippen LogP contribution in [0.1, 0.15) is 13.3 Å². The molecular weight excluding hydrogens is 114 g/mol. The Hall–Kier alpha value is -0.790. The van der Waals surface area contributed by atoms with E-state index in [0.29, 0.717) is 0 Å². The van der Waals surface area contributed by atoms with Crippen molar-refractivity contribution in [3.8, 4) is 0 Å². The third-order valence-corrected chi connectivity index (χ3v) is 1.69. The maximum absolute atomic E-state index is 11.0. The van der Waals surface area contributed by atoms with Crippen LogP contribution in [0, 0.1) is 0 Å². The zero-order valence-corrected chi connectivity index (χ0v) is 5.85. The fourth-order valence-corrected chi connectivity index (χ4v) is 1.01. The highest BCUT2D eigenvalue weighted by atomic mass is 16.2. The maximum Gasteiger partial charge on any atom is 0.249 e. The lowest BCUT2D eigenvalue weighted by molar-refractivity contribution is -0.123. The molecule has 0 atom stereocenters. The second-order valence-corrected chi connectivity index (χ2v) is 2.29. The highest BCUT2D eigenvalue weighted by Crippen LogP contribution is 2.13. The lowest BCUT2D eigenvalue weighted by atomic mass is 10.2. The molecule has 1 rings (SSSR count). The van der Waals surface area contributed by atoms with Crippen molar-refractivity contribution < 1.29 is 4.79 Å². The van der Waals surface area contributed by atoms with E-state index in [1.54, 1.807) is 4.90 Å². The van der Waals surface area contributed by atoms with Crippen LogP contribution in [-0.4, -0.2) is 24.4 Å². The number of allylic oxidation sites excluding steroid dienone is 1. The molecule has 0 N–H and O–H groups in total. The van der Waals surface area contributed by atoms with Gasteiger partial charge in [-0.1, -0.05) is 6.08 Å². The molecule has 1 amide bonds. The highest BCUT2D eigenvalue weighted by Gasteiger charge is 2.20. The summed E-state index contributed by atoms with van der Waals surface area (Å²) in [6, 6.07) is 0. The summed E-state index contributed by atoms with van der Waals surface area (Å²) in [6.45, 7) is 2.80. The van der Waals surface area contributed by atoms with E-state index in [1.165, 1.54) is 0 Å². The van der Waals surface area contributed by atoms with E-state index in [4.69, 9.17) is 0 Å². The average molecular weight is 125 g/mol. The van der Waals surface area contributed by atoms with Gasteiger partial charge in [0, 0.05) is 19.2 Å². The molecule has 0 bridgehead atoms. The molecule has 0 unspecified atom stereocenters. The van der Waals surface area contributed by atoms with Crippen molar-refractivity contribution in [2.75, 3.05) is 13.6 Å². The zero-order chi connectivity index (χ0) is 6.85. The Bertz CT molecular complexity index is 160. The summed E-state index contributed by atoms with van der Waals surface area (Å²) in [6.07, 6.45) is 2.82. The lowest BCUT2D eigenvalue weighted by Crippen LogP contribution is -2.18. The Balaban J connectivity index is 2.74. The molecule has 1 aliphatic rings. The summed E-state index contributed by atoms with van der Waals surface area (Å²) in [5.74, 6) is 0.192. The van der Waals surface area contributed by atoms with Crippen LogP contribution in [0.25, 0.3) is 0 Å². The predicted octanol–water partition coefficient (Wildman–Crippen LogP) is 0.795. The number of rotatable bonds is 0. The van der Waals surface area contributed by atoms with Crippen molar-refractivity contribution in [2.45, 2.75) is 13.3 Å². The normalized spacial score (nSPS) is 24.0. The van der Waals surface area contributed by atoms with Crippen molar-refractivity contribution in [1.82, 2.24) is 4.90 Å². The van der Waals surface area contributed by atoms with Crippen LogP contribution < -0.4 is 0 Å². The third-order valence-electron chi connectivity index (χ3n) is 1.69. The molecule has 2 heteroatoms. The number of hydrogen-bond acceptors (Lipinski definition) is 1. The Morgan fingerprint density at radius 3 is 2.56 bits per heavy atom. The van der Waals surface area contributed by atoms with Gasteiger partial charge in [0.25, 0.3) is 0 Å². The molecule has 1 heterocycles. The minimum Gasteiger partial charge on any atom is -0.342 e. The first-order chi connectivity index (χ1) is 4.25. The Labute approximate surface area is 55.2 Å². The van der Waals surface area contributed by atoms with Crippen LogP contribution in [0.15, 0.2) is 11.6 Å². The van der Waals surface area contributed by atoms with Gasteiger partial charge in [0.2, 0.25) is 5.91 Å². The molecule has 0 aromatic rings. The Morgan fingerprint density at radius 2 is 2.33 bits per heavy atom. The molecule has 0 aromatic carbocycles. The van der Waals surface area contributed by atoms with Gasteiger partial charge in [-0.3, -0.25) is 4.79 Å². The number of likely N-dealkylation sites (tertiary alicyclic amines) is 1. The molecule has 1 saturated heterocycles. The smallest absolute Gasteiger partial charge is 0.249 e. The SMILES string of the molecule is C/C=C1/CCN(C)C1=O. The van der Waals surface area contributed by atoms with Gasteiger partial charge in [-0.15, -0.1) is 0 Å². The molecule has 1 aliphatic heterocycles. The summed E-state index contributed by atoms with van der Waals surface area (Å²) < 4.78 is 0. The first-order valence-corrected chi connectivity index (χ1v) is 3.16. The van der Waals surface area contributed by atoms with Crippen molar-refractivity contribution in [3.63, 3.8) is 0 Å². The number of amides is 1. The Kier molecular flexibility index (Phi) is 1.56. The lowest BCUT2D eigenvalue weighted by Gasteiger charge is -2.03. The van der Waals surface area contributed by atoms with E-state index in [9.17, 15) is 4.79 Å². The van der Waals surface area contributed by atoms with Crippen LogP contribution in [-0.2, 0) is 4.79 Å². The van der Waals surface area contributed by atoms with Crippen LogP contribution in [0.4, 0.5) is 0 Å². The largest absolute Gasteiger partial charge is 0.342 e. The third kappa shape index (κ3) is 0.969. The molecule has 50 valence electrons. The molecule has 0 saturated carbocycles. The minimum atomic E-state index is 0.192. The summed E-state index contributed by atoms with van der Waals surface area (Å²) >= 11 is 0. The molecule has 0 radical (unpaired) electrons. The van der Waals surface area contributed by atoms with Crippen molar-refractivity contribution in [2.24, 2.45) is 0 Å². The monoisotopic (exact) mass is 125 g/mol. The van der Waals surface area contributed by atoms with Gasteiger partial charge >= 0.3 is 0 Å². The molecule has 0 aliphatic carbocycles. The fraction of sp³-hybridized carbons (Fsp3) is 0.571. The number of nitrogens with zero attached hydrogens (tertiary/aromatic N) is 1. The Morgan fingerprint density at radius 1 is 1.67 bits per heavy atom. The topological polar surface area (TPSA) is 20.3 Å². The minimum absolute atomic E-state index is 0.192. The second kappa shape index (κ2) is 2.21. The van der Waals surface area contributed by atoms with Gasteiger partial charge in [0.05, 0.1) is 0 Å². The maximum atomic E-state index is 11.0. The predicted molar refractivity (Wildman–Crippen MR) is 36.0 cm³/mol. The fourth-order valence-electron chi connectivity index (χ4n) is 1.01. The van der Waals surface area contributed by atoms with Crippen molar-refractivity contribution in [3.05, 3.63) is 11.6 Å². The summed E-state index contributed by atoms with van der Waals surface area (Å²) in [4.78, 5) is 12.7. The average Bonchev–Trinajstić information content (AvgIpc) is 2.15. The first-order valence-electron chi connectivity index (χ1n) is 3.16. The number of likely N-dealkylation sites (N-methyl/N-ethyl adjacent to an activating group) is 1. The van der Waals surface area contributed by atoms with E-state index in [1.807, 2.05) is 20.0 Å². The van der Waals surface area contributed by atoms with Gasteiger partial charge in [0.1, 0.15) is 0 Å². The number of carbonyl (C=O) groups is 1. The van der Waals surface area contributed by atoms with Crippen LogP contribution in [0.2, 0.25) is 0 Å². The summed E-state index contributed by atoms with van der Waals surface area (Å²) in [5.41, 5.74) is 0.956. The van der Waals surface area contributed by atoms with Gasteiger partial charge in [-0.2, -0.15) is 0 Å². The molecule has 1 fully saturated rings. The molecule has 0 spiro atoms. The van der Waals surface area contributed by atoms with Gasteiger partial charge in [0.15, 0.2) is 0 Å². The molecule has 2 nitrogen and oxygen atoms in total. The van der Waals surface area contributed by atoms with E-state index >= 15 is 0 Å². The molecule has 0 aromatic heterocycles. The molecular formula is C7H11NO. The van der Waals surface area contributed by atoms with E-state index in [-0.39, 0.29) is 5.91 Å². The van der Waals surface area contributed by atoms with Gasteiger partial charge < -0.3 is 4.90 Å². The van der Waals surface area contributed by atoms with Gasteiger partial charge in [-0.25, -0.2) is 0 Å². The quantitative estimate of drug-likeness (QED) is 0.438. The second-order valence-electron chi connectivity index (χ2n) is 2.29. The van der Waals surface area contributed by atoms with Crippen LogP contribution in [0.5, 0.6) is 0 Å². The number of carbonyl (C=O) groups excluding carboxylic acids is 1. The van der Waals surface area contributed by atoms with Crippen LogP contribution in [0.3, 0.4) is 0 Å². The standard InChI is InChI=1S/C7H11NO/c1-3-6-4-5-8(2)7(6)9/h3H,4-5H2,1-2H3/b6-3-. The van der Waals surface area contributed by atoms with Crippen molar-refractivity contribution in [1.29, 1.82) is 0 Å². The first kappa shape index (κ1) is 6.33. The van der Waals surface area contributed by atoms with E-state index < -0.39 is 0 Å². The summed E-state index contributed by atoms with van der Waals surface area (Å²) in [5, 5.41) is 0. The highest BCUT2D eigenvalue weighted by molar-refractivity contribution is 5.95. The van der Waals surface area contributed by atoms with Gasteiger partial charge in [-0.05, 0) is 13.3 Å². The summed E-state index contributed by atoms with van der Waals surface area (Å²) in [7, 11) is 1.83. The number of hydrogen-bond donors (Lipinski definition) is 0. The molecule has 9 heavy (non-hydrogen) atoms. The van der Waals surface area contributed by atoms with Crippen molar-refractivity contribution >= 4 is 5.91 Å². The van der Waals surface area contributed by atoms with Crippen LogP contribution >= 0.6 is 0 Å². The zero-order valence-electron chi connectivity index (χ0n) is 5.85.